The van der Waals surface area contributed by atoms with Crippen LogP contribution >= 0.6 is 46.3 Å². The summed E-state index contributed by atoms with van der Waals surface area (Å²) in [6, 6.07) is 10.8. The molecule has 0 aliphatic carbocycles. The van der Waals surface area contributed by atoms with Gasteiger partial charge in [0, 0.05) is 16.7 Å². The minimum Gasteiger partial charge on any atom is -0.493 e. The van der Waals surface area contributed by atoms with Crippen molar-refractivity contribution in [2.75, 3.05) is 25.3 Å². The fourth-order valence-corrected chi connectivity index (χ4v) is 4.50. The maximum absolute atomic E-state index is 12.1. The summed E-state index contributed by atoms with van der Waals surface area (Å²) < 4.78 is 10.6. The van der Waals surface area contributed by atoms with E-state index in [-0.39, 0.29) is 11.7 Å². The highest BCUT2D eigenvalue weighted by Gasteiger charge is 2.11. The molecule has 1 amide bonds. The second-order valence-electron chi connectivity index (χ2n) is 5.86. The molecule has 0 saturated heterocycles. The standard InChI is InChI=1S/C20H18Cl2N2O3S2/c1-26-16-7-6-12(8-17(16)27-2)20-23-13(10-29-20)9-28-11-18(25)24-15-5-3-4-14(21)19(15)22/h3-8,10H,9,11H2,1-2H3,(H,24,25). The molecule has 5 nitrogen and oxygen atoms in total. The van der Waals surface area contributed by atoms with Crippen LogP contribution in [0.1, 0.15) is 5.69 Å². The summed E-state index contributed by atoms with van der Waals surface area (Å²) in [7, 11) is 3.21. The lowest BCUT2D eigenvalue weighted by Crippen LogP contribution is -2.14. The van der Waals surface area contributed by atoms with Gasteiger partial charge in [-0.25, -0.2) is 4.98 Å². The van der Waals surface area contributed by atoms with Crippen molar-refractivity contribution in [1.29, 1.82) is 0 Å². The van der Waals surface area contributed by atoms with E-state index in [0.29, 0.717) is 33.0 Å². The van der Waals surface area contributed by atoms with Gasteiger partial charge in [-0.15, -0.1) is 23.1 Å². The third kappa shape index (κ3) is 5.57. The van der Waals surface area contributed by atoms with Gasteiger partial charge in [0.15, 0.2) is 11.5 Å². The van der Waals surface area contributed by atoms with E-state index in [1.54, 1.807) is 43.8 Å². The van der Waals surface area contributed by atoms with Gasteiger partial charge in [-0.1, -0.05) is 29.3 Å². The summed E-state index contributed by atoms with van der Waals surface area (Å²) in [5, 5.41) is 6.39. The molecule has 1 N–H and O–H groups in total. The summed E-state index contributed by atoms with van der Waals surface area (Å²) in [6.45, 7) is 0. The molecule has 0 radical (unpaired) electrons. The number of benzene rings is 2. The molecule has 3 aromatic rings. The van der Waals surface area contributed by atoms with Gasteiger partial charge in [0.05, 0.1) is 41.4 Å². The molecule has 0 unspecified atom stereocenters. The van der Waals surface area contributed by atoms with Gasteiger partial charge in [-0.05, 0) is 30.3 Å². The van der Waals surface area contributed by atoms with Crippen LogP contribution in [0.4, 0.5) is 5.69 Å². The molecular formula is C20H18Cl2N2O3S2. The van der Waals surface area contributed by atoms with E-state index in [9.17, 15) is 4.79 Å². The number of thiazole rings is 1. The highest BCUT2D eigenvalue weighted by molar-refractivity contribution is 7.99. The number of rotatable bonds is 8. The number of aromatic nitrogens is 1. The zero-order chi connectivity index (χ0) is 20.8. The van der Waals surface area contributed by atoms with Crippen molar-refractivity contribution in [3.05, 3.63) is 57.5 Å². The average Bonchev–Trinajstić information content (AvgIpc) is 3.19. The largest absolute Gasteiger partial charge is 0.493 e. The van der Waals surface area contributed by atoms with Crippen molar-refractivity contribution in [3.8, 4) is 22.1 Å². The van der Waals surface area contributed by atoms with Gasteiger partial charge in [-0.3, -0.25) is 4.79 Å². The predicted octanol–water partition coefficient (Wildman–Crippen LogP) is 6.01. The average molecular weight is 469 g/mol. The molecule has 152 valence electrons. The Morgan fingerprint density at radius 1 is 1.17 bits per heavy atom. The summed E-state index contributed by atoms with van der Waals surface area (Å²) in [6.07, 6.45) is 0. The first-order valence-electron chi connectivity index (χ1n) is 8.50. The first-order chi connectivity index (χ1) is 14.0. The molecule has 0 saturated carbocycles. The fraction of sp³-hybridized carbons (Fsp3) is 0.200. The minimum atomic E-state index is -0.144. The summed E-state index contributed by atoms with van der Waals surface area (Å²) in [5.41, 5.74) is 2.38. The van der Waals surface area contributed by atoms with Crippen LogP contribution in [0, 0.1) is 0 Å². The van der Waals surface area contributed by atoms with Gasteiger partial charge in [0.2, 0.25) is 5.91 Å². The van der Waals surface area contributed by atoms with Crippen molar-refractivity contribution in [2.45, 2.75) is 5.75 Å². The normalized spacial score (nSPS) is 10.6. The van der Waals surface area contributed by atoms with Crippen LogP contribution < -0.4 is 14.8 Å². The summed E-state index contributed by atoms with van der Waals surface area (Å²) >= 11 is 15.1. The number of nitrogens with zero attached hydrogens (tertiary/aromatic N) is 1. The van der Waals surface area contributed by atoms with Gasteiger partial charge < -0.3 is 14.8 Å². The van der Waals surface area contributed by atoms with Gasteiger partial charge in [0.1, 0.15) is 5.01 Å². The number of ether oxygens (including phenoxy) is 2. The van der Waals surface area contributed by atoms with Crippen molar-refractivity contribution < 1.29 is 14.3 Å². The van der Waals surface area contributed by atoms with E-state index >= 15 is 0 Å². The number of carbonyl (C=O) groups excluding carboxylic acids is 1. The van der Waals surface area contributed by atoms with Crippen LogP contribution in [-0.2, 0) is 10.5 Å². The van der Waals surface area contributed by atoms with Crippen molar-refractivity contribution in [1.82, 2.24) is 4.98 Å². The molecule has 0 fully saturated rings. The van der Waals surface area contributed by atoms with E-state index in [1.807, 2.05) is 23.6 Å². The zero-order valence-corrected chi connectivity index (χ0v) is 18.8. The highest BCUT2D eigenvalue weighted by atomic mass is 35.5. The molecule has 0 spiro atoms. The SMILES string of the molecule is COc1ccc(-c2nc(CSCC(=O)Nc3cccc(Cl)c3Cl)cs2)cc1OC. The van der Waals surface area contributed by atoms with Crippen LogP contribution in [0.25, 0.3) is 10.6 Å². The molecule has 0 bridgehead atoms. The van der Waals surface area contributed by atoms with E-state index in [4.69, 9.17) is 32.7 Å². The zero-order valence-electron chi connectivity index (χ0n) is 15.7. The molecule has 0 aliphatic heterocycles. The Labute approximate surface area is 187 Å². The molecule has 9 heteroatoms. The van der Waals surface area contributed by atoms with Gasteiger partial charge in [-0.2, -0.15) is 0 Å². The predicted molar refractivity (Wildman–Crippen MR) is 122 cm³/mol. The van der Waals surface area contributed by atoms with Gasteiger partial charge in [0.25, 0.3) is 0 Å². The van der Waals surface area contributed by atoms with Crippen LogP contribution in [-0.4, -0.2) is 30.9 Å². The Hall–Kier alpha value is -1.93. The molecule has 0 aliphatic rings. The van der Waals surface area contributed by atoms with E-state index < -0.39 is 0 Å². The maximum atomic E-state index is 12.1. The smallest absolute Gasteiger partial charge is 0.234 e. The first kappa shape index (κ1) is 21.8. The first-order valence-corrected chi connectivity index (χ1v) is 11.3. The van der Waals surface area contributed by atoms with E-state index in [1.165, 1.54) is 11.8 Å². The van der Waals surface area contributed by atoms with Crippen LogP contribution in [0.15, 0.2) is 41.8 Å². The molecule has 3 rings (SSSR count). The lowest BCUT2D eigenvalue weighted by Gasteiger charge is -2.08. The Morgan fingerprint density at radius 3 is 2.72 bits per heavy atom. The molecule has 29 heavy (non-hydrogen) atoms. The molecule has 1 aromatic heterocycles. The number of amides is 1. The Bertz CT molecular complexity index is 1010. The number of hydrogen-bond acceptors (Lipinski definition) is 6. The van der Waals surface area contributed by atoms with Crippen molar-refractivity contribution in [2.24, 2.45) is 0 Å². The van der Waals surface area contributed by atoms with Crippen molar-refractivity contribution >= 4 is 57.9 Å². The summed E-state index contributed by atoms with van der Waals surface area (Å²) in [5.74, 6) is 2.10. The number of thioether (sulfide) groups is 1. The number of hydrogen-bond donors (Lipinski definition) is 1. The third-order valence-electron chi connectivity index (χ3n) is 3.89. The minimum absolute atomic E-state index is 0.144. The molecule has 1 heterocycles. The van der Waals surface area contributed by atoms with E-state index in [0.717, 1.165) is 16.3 Å². The maximum Gasteiger partial charge on any atom is 0.234 e. The lowest BCUT2D eigenvalue weighted by atomic mass is 10.2. The van der Waals surface area contributed by atoms with Crippen molar-refractivity contribution in [3.63, 3.8) is 0 Å². The number of halogens is 2. The monoisotopic (exact) mass is 468 g/mol. The quantitative estimate of drug-likeness (QED) is 0.438. The molecule has 2 aromatic carbocycles. The topological polar surface area (TPSA) is 60.5 Å². The molecular weight excluding hydrogens is 451 g/mol. The summed E-state index contributed by atoms with van der Waals surface area (Å²) in [4.78, 5) is 16.8. The Balaban J connectivity index is 1.55. The Kier molecular flexibility index (Phi) is 7.66. The third-order valence-corrected chi connectivity index (χ3v) is 6.62. The van der Waals surface area contributed by atoms with Crippen LogP contribution in [0.2, 0.25) is 10.0 Å². The second-order valence-corrected chi connectivity index (χ2v) is 8.48. The number of carbonyl (C=O) groups is 1. The molecule has 0 atom stereocenters. The van der Waals surface area contributed by atoms with Crippen LogP contribution in [0.3, 0.4) is 0 Å². The van der Waals surface area contributed by atoms with Crippen LogP contribution in [0.5, 0.6) is 11.5 Å². The number of anilines is 1. The highest BCUT2D eigenvalue weighted by Crippen LogP contribution is 2.34. The second kappa shape index (κ2) is 10.2. The van der Waals surface area contributed by atoms with Gasteiger partial charge >= 0.3 is 0 Å². The number of nitrogens with one attached hydrogen (secondary N) is 1. The fourth-order valence-electron chi connectivity index (χ4n) is 2.51. The number of methoxy groups -OCH3 is 2. The lowest BCUT2D eigenvalue weighted by molar-refractivity contribution is -0.113. The van der Waals surface area contributed by atoms with E-state index in [2.05, 4.69) is 10.3 Å². The Morgan fingerprint density at radius 2 is 1.97 bits per heavy atom.